The first-order valence-electron chi connectivity index (χ1n) is 6.66. The van der Waals surface area contributed by atoms with E-state index in [1.165, 1.54) is 0 Å². The summed E-state index contributed by atoms with van der Waals surface area (Å²) in [7, 11) is 1.88. The summed E-state index contributed by atoms with van der Waals surface area (Å²) in [6.07, 6.45) is 5.30. The third-order valence-electron chi connectivity index (χ3n) is 3.32. The molecule has 0 unspecified atom stereocenters. The predicted octanol–water partition coefficient (Wildman–Crippen LogP) is 2.30. The van der Waals surface area contributed by atoms with Gasteiger partial charge in [0.1, 0.15) is 13.2 Å². The van der Waals surface area contributed by atoms with Crippen molar-refractivity contribution in [1.29, 1.82) is 0 Å². The van der Waals surface area contributed by atoms with E-state index in [0.29, 0.717) is 36.0 Å². The van der Waals surface area contributed by atoms with E-state index in [-0.39, 0.29) is 5.91 Å². The highest BCUT2D eigenvalue weighted by molar-refractivity contribution is 6.06. The Bertz CT molecular complexity index is 661. The molecule has 0 aliphatic carbocycles. The second kappa shape index (κ2) is 5.36. The average molecular weight is 284 g/mol. The van der Waals surface area contributed by atoms with E-state index in [9.17, 15) is 4.79 Å². The van der Waals surface area contributed by atoms with Crippen LogP contribution in [0.1, 0.15) is 0 Å². The lowest BCUT2D eigenvalue weighted by atomic mass is 10.1. The third kappa shape index (κ3) is 2.76. The van der Waals surface area contributed by atoms with Crippen molar-refractivity contribution in [3.05, 3.63) is 54.4 Å². The monoisotopic (exact) mass is 284 g/mol. The minimum absolute atomic E-state index is 0.183. The number of nitrogens with one attached hydrogen (secondary N) is 1. The van der Waals surface area contributed by atoms with Gasteiger partial charge in [0.15, 0.2) is 11.5 Å². The molecule has 21 heavy (non-hydrogen) atoms. The Morgan fingerprint density at radius 3 is 2.81 bits per heavy atom. The molecule has 1 amide bonds. The minimum atomic E-state index is -0.183. The van der Waals surface area contributed by atoms with Gasteiger partial charge < -0.3 is 19.7 Å². The van der Waals surface area contributed by atoms with Crippen LogP contribution in [0.15, 0.2) is 54.4 Å². The first-order valence-corrected chi connectivity index (χ1v) is 6.66. The zero-order valence-electron chi connectivity index (χ0n) is 11.8. The lowest BCUT2D eigenvalue weighted by Gasteiger charge is -2.20. The molecule has 1 aromatic rings. The molecule has 0 bridgehead atoms. The Morgan fingerprint density at radius 2 is 2.05 bits per heavy atom. The summed E-state index contributed by atoms with van der Waals surface area (Å²) in [5.41, 5.74) is 2.00. The Balaban J connectivity index is 1.75. The highest BCUT2D eigenvalue weighted by Gasteiger charge is 2.15. The normalized spacial score (nSPS) is 16.5. The molecule has 0 aromatic heterocycles. The molecular formula is C16H16N2O3. The van der Waals surface area contributed by atoms with Gasteiger partial charge in [-0.25, -0.2) is 0 Å². The number of likely N-dealkylation sites (N-methyl/N-ethyl adjacent to an activating group) is 1. The zero-order valence-corrected chi connectivity index (χ0v) is 11.8. The molecule has 2 heterocycles. The van der Waals surface area contributed by atoms with Crippen LogP contribution < -0.4 is 14.8 Å². The Labute approximate surface area is 123 Å². The van der Waals surface area contributed by atoms with Crippen molar-refractivity contribution in [1.82, 2.24) is 4.90 Å². The van der Waals surface area contributed by atoms with Gasteiger partial charge in [-0.05, 0) is 24.3 Å². The summed E-state index contributed by atoms with van der Waals surface area (Å²) in [6, 6.07) is 5.35. The summed E-state index contributed by atoms with van der Waals surface area (Å²) in [6.45, 7) is 4.94. The number of hydrogen-bond donors (Lipinski definition) is 1. The van der Waals surface area contributed by atoms with Gasteiger partial charge in [-0.2, -0.15) is 0 Å². The van der Waals surface area contributed by atoms with Gasteiger partial charge in [-0.3, -0.25) is 4.79 Å². The van der Waals surface area contributed by atoms with Crippen LogP contribution in [0.25, 0.3) is 0 Å². The largest absolute Gasteiger partial charge is 0.486 e. The second-order valence-electron chi connectivity index (χ2n) is 4.83. The van der Waals surface area contributed by atoms with Crippen molar-refractivity contribution in [2.24, 2.45) is 0 Å². The van der Waals surface area contributed by atoms with Gasteiger partial charge in [0.05, 0.1) is 0 Å². The number of hydrogen-bond acceptors (Lipinski definition) is 4. The van der Waals surface area contributed by atoms with Crippen molar-refractivity contribution in [2.45, 2.75) is 0 Å². The molecule has 2 aliphatic rings. The van der Waals surface area contributed by atoms with Gasteiger partial charge in [0.2, 0.25) is 0 Å². The van der Waals surface area contributed by atoms with Crippen LogP contribution in [-0.2, 0) is 4.79 Å². The van der Waals surface area contributed by atoms with Crippen molar-refractivity contribution >= 4 is 11.6 Å². The van der Waals surface area contributed by atoms with Crippen molar-refractivity contribution in [3.8, 4) is 11.5 Å². The lowest BCUT2D eigenvalue weighted by Crippen LogP contribution is -2.19. The number of benzene rings is 1. The summed E-state index contributed by atoms with van der Waals surface area (Å²) in [5, 5.41) is 2.84. The number of carbonyl (C=O) groups is 1. The number of fused-ring (bicyclic) bond motifs is 1. The SMILES string of the molecule is C=C1C=C(C(=O)Nc2ccc3c(c2)OCCO3)C=CN1C. The van der Waals surface area contributed by atoms with Crippen LogP contribution in [0.2, 0.25) is 0 Å². The van der Waals surface area contributed by atoms with Crippen molar-refractivity contribution in [3.63, 3.8) is 0 Å². The van der Waals surface area contributed by atoms with Gasteiger partial charge in [-0.1, -0.05) is 6.58 Å². The topological polar surface area (TPSA) is 50.8 Å². The molecule has 1 N–H and O–H groups in total. The highest BCUT2D eigenvalue weighted by Crippen LogP contribution is 2.32. The highest BCUT2D eigenvalue weighted by atomic mass is 16.6. The number of amides is 1. The summed E-state index contributed by atoms with van der Waals surface area (Å²) < 4.78 is 10.9. The first kappa shape index (κ1) is 13.3. The molecule has 0 saturated heterocycles. The Hall–Kier alpha value is -2.69. The average Bonchev–Trinajstić information content (AvgIpc) is 2.50. The second-order valence-corrected chi connectivity index (χ2v) is 4.83. The minimum Gasteiger partial charge on any atom is -0.486 e. The number of ether oxygens (including phenoxy) is 2. The molecule has 0 atom stereocenters. The molecule has 0 spiro atoms. The predicted molar refractivity (Wildman–Crippen MR) is 80.2 cm³/mol. The standard InChI is InChI=1S/C16H16N2O3/c1-11-9-12(5-6-18(11)2)16(19)17-13-3-4-14-15(10-13)21-8-7-20-14/h3-6,9-10H,1,7-8H2,2H3,(H,17,19). The van der Waals surface area contributed by atoms with Crippen LogP contribution >= 0.6 is 0 Å². The van der Waals surface area contributed by atoms with Crippen LogP contribution in [0.4, 0.5) is 5.69 Å². The van der Waals surface area contributed by atoms with E-state index < -0.39 is 0 Å². The Morgan fingerprint density at radius 1 is 1.29 bits per heavy atom. The number of rotatable bonds is 2. The van der Waals surface area contributed by atoms with E-state index in [0.717, 1.165) is 5.70 Å². The number of nitrogens with zero attached hydrogens (tertiary/aromatic N) is 1. The summed E-state index contributed by atoms with van der Waals surface area (Å²) in [5.74, 6) is 1.17. The fourth-order valence-electron chi connectivity index (χ4n) is 2.08. The molecular weight excluding hydrogens is 268 g/mol. The Kier molecular flexibility index (Phi) is 3.39. The fourth-order valence-corrected chi connectivity index (χ4v) is 2.08. The van der Waals surface area contributed by atoms with E-state index in [1.807, 2.05) is 11.9 Å². The first-order chi connectivity index (χ1) is 10.1. The van der Waals surface area contributed by atoms with Gasteiger partial charge in [-0.15, -0.1) is 0 Å². The lowest BCUT2D eigenvalue weighted by molar-refractivity contribution is -0.112. The molecule has 108 valence electrons. The van der Waals surface area contributed by atoms with E-state index >= 15 is 0 Å². The number of carbonyl (C=O) groups excluding carboxylic acids is 1. The maximum Gasteiger partial charge on any atom is 0.255 e. The van der Waals surface area contributed by atoms with Crippen molar-refractivity contribution in [2.75, 3.05) is 25.6 Å². The molecule has 5 heteroatoms. The number of allylic oxidation sites excluding steroid dienone is 1. The fraction of sp³-hybridized carbons (Fsp3) is 0.188. The quantitative estimate of drug-likeness (QED) is 0.905. The maximum atomic E-state index is 12.2. The van der Waals surface area contributed by atoms with E-state index in [4.69, 9.17) is 9.47 Å². The van der Waals surface area contributed by atoms with Gasteiger partial charge in [0, 0.05) is 36.3 Å². The van der Waals surface area contributed by atoms with Crippen LogP contribution in [-0.4, -0.2) is 31.1 Å². The van der Waals surface area contributed by atoms with Crippen LogP contribution in [0, 0.1) is 0 Å². The van der Waals surface area contributed by atoms with Gasteiger partial charge >= 0.3 is 0 Å². The van der Waals surface area contributed by atoms with Crippen LogP contribution in [0.5, 0.6) is 11.5 Å². The molecule has 5 nitrogen and oxygen atoms in total. The van der Waals surface area contributed by atoms with Gasteiger partial charge in [0.25, 0.3) is 5.91 Å². The molecule has 0 radical (unpaired) electrons. The van der Waals surface area contributed by atoms with Crippen molar-refractivity contribution < 1.29 is 14.3 Å². The van der Waals surface area contributed by atoms with E-state index in [1.54, 1.807) is 36.6 Å². The maximum absolute atomic E-state index is 12.2. The number of anilines is 1. The molecule has 0 fully saturated rings. The molecule has 0 saturated carbocycles. The smallest absolute Gasteiger partial charge is 0.255 e. The summed E-state index contributed by atoms with van der Waals surface area (Å²) >= 11 is 0. The molecule has 2 aliphatic heterocycles. The van der Waals surface area contributed by atoms with Crippen LogP contribution in [0.3, 0.4) is 0 Å². The van der Waals surface area contributed by atoms with E-state index in [2.05, 4.69) is 11.9 Å². The molecule has 3 rings (SSSR count). The third-order valence-corrected chi connectivity index (χ3v) is 3.32. The molecule has 1 aromatic carbocycles. The summed E-state index contributed by atoms with van der Waals surface area (Å²) in [4.78, 5) is 14.1. The zero-order chi connectivity index (χ0) is 14.8.